The highest BCUT2D eigenvalue weighted by atomic mass is 16.5. The molecule has 3 rings (SSSR count). The van der Waals surface area contributed by atoms with Crippen LogP contribution in [-0.2, 0) is 14.3 Å². The Bertz CT molecular complexity index is 322. The Morgan fingerprint density at radius 2 is 2.36 bits per heavy atom. The summed E-state index contributed by atoms with van der Waals surface area (Å²) in [6.07, 6.45) is 2.73. The lowest BCUT2D eigenvalue weighted by molar-refractivity contribution is -0.151. The van der Waals surface area contributed by atoms with Gasteiger partial charge in [0.1, 0.15) is 5.78 Å². The van der Waals surface area contributed by atoms with E-state index in [1.807, 2.05) is 6.92 Å². The van der Waals surface area contributed by atoms with E-state index in [1.165, 1.54) is 0 Å². The standard InChI is InChI=1S/C11H14O3/c1-2-14-10(13)11-6-3-4-7(11)9(11)8(12)5-6/h6-7,9H,2-5H2,1H3/t6-,7-,9+,11-/m1/s1. The van der Waals surface area contributed by atoms with Crippen LogP contribution in [0.1, 0.15) is 26.2 Å². The second kappa shape index (κ2) is 2.38. The van der Waals surface area contributed by atoms with Crippen molar-refractivity contribution in [2.45, 2.75) is 26.2 Å². The van der Waals surface area contributed by atoms with Crippen molar-refractivity contribution >= 4 is 11.8 Å². The fourth-order valence-electron chi connectivity index (χ4n) is 3.90. The molecule has 3 nitrogen and oxygen atoms in total. The second-order valence-corrected chi connectivity index (χ2v) is 4.68. The molecule has 76 valence electrons. The van der Waals surface area contributed by atoms with Crippen molar-refractivity contribution in [2.75, 3.05) is 6.61 Å². The maximum atomic E-state index is 11.8. The highest BCUT2D eigenvalue weighted by molar-refractivity contribution is 6.00. The molecule has 0 aliphatic heterocycles. The van der Waals surface area contributed by atoms with Crippen molar-refractivity contribution in [1.82, 2.24) is 0 Å². The van der Waals surface area contributed by atoms with Crippen molar-refractivity contribution < 1.29 is 14.3 Å². The Kier molecular flexibility index (Phi) is 1.44. The first-order valence-electron chi connectivity index (χ1n) is 5.42. The van der Waals surface area contributed by atoms with Gasteiger partial charge in [0, 0.05) is 12.3 Å². The van der Waals surface area contributed by atoms with E-state index in [0.717, 1.165) is 12.8 Å². The highest BCUT2D eigenvalue weighted by Gasteiger charge is 2.82. The smallest absolute Gasteiger partial charge is 0.313 e. The van der Waals surface area contributed by atoms with E-state index in [-0.39, 0.29) is 17.3 Å². The zero-order valence-electron chi connectivity index (χ0n) is 8.29. The number of ether oxygens (including phenoxy) is 1. The van der Waals surface area contributed by atoms with Crippen LogP contribution in [0.25, 0.3) is 0 Å². The Morgan fingerprint density at radius 1 is 1.57 bits per heavy atom. The number of fused-ring (bicyclic) bond motifs is 1. The largest absolute Gasteiger partial charge is 0.466 e. The van der Waals surface area contributed by atoms with Crippen LogP contribution < -0.4 is 0 Å². The Hall–Kier alpha value is -0.860. The third-order valence-electron chi connectivity index (χ3n) is 4.35. The lowest BCUT2D eigenvalue weighted by atomic mass is 9.92. The van der Waals surface area contributed by atoms with Gasteiger partial charge in [-0.2, -0.15) is 0 Å². The molecule has 0 bridgehead atoms. The summed E-state index contributed by atoms with van der Waals surface area (Å²) < 4.78 is 5.11. The molecule has 3 saturated carbocycles. The number of hydrogen-bond donors (Lipinski definition) is 0. The van der Waals surface area contributed by atoms with E-state index in [4.69, 9.17) is 4.74 Å². The molecule has 3 fully saturated rings. The number of esters is 1. The van der Waals surface area contributed by atoms with Crippen LogP contribution >= 0.6 is 0 Å². The summed E-state index contributed by atoms with van der Waals surface area (Å²) in [5.74, 6) is 0.908. The van der Waals surface area contributed by atoms with Crippen LogP contribution in [0.3, 0.4) is 0 Å². The maximum Gasteiger partial charge on any atom is 0.313 e. The van der Waals surface area contributed by atoms with Gasteiger partial charge in [-0.25, -0.2) is 0 Å². The molecular weight excluding hydrogens is 180 g/mol. The summed E-state index contributed by atoms with van der Waals surface area (Å²) >= 11 is 0. The van der Waals surface area contributed by atoms with Gasteiger partial charge in [0.15, 0.2) is 0 Å². The third-order valence-corrected chi connectivity index (χ3v) is 4.35. The van der Waals surface area contributed by atoms with Crippen LogP contribution in [0, 0.1) is 23.2 Å². The Labute approximate surface area is 82.8 Å². The fraction of sp³-hybridized carbons (Fsp3) is 0.818. The zero-order valence-corrected chi connectivity index (χ0v) is 8.29. The van der Waals surface area contributed by atoms with Gasteiger partial charge >= 0.3 is 5.97 Å². The third kappa shape index (κ3) is 0.677. The van der Waals surface area contributed by atoms with E-state index in [2.05, 4.69) is 0 Å². The predicted molar refractivity (Wildman–Crippen MR) is 48.4 cm³/mol. The van der Waals surface area contributed by atoms with Crippen LogP contribution in [-0.4, -0.2) is 18.4 Å². The van der Waals surface area contributed by atoms with Crippen LogP contribution in [0.4, 0.5) is 0 Å². The fourth-order valence-corrected chi connectivity index (χ4v) is 3.90. The van der Waals surface area contributed by atoms with Crippen LogP contribution in [0.2, 0.25) is 0 Å². The van der Waals surface area contributed by atoms with Crippen molar-refractivity contribution in [2.24, 2.45) is 23.2 Å². The van der Waals surface area contributed by atoms with Gasteiger partial charge in [-0.15, -0.1) is 0 Å². The van der Waals surface area contributed by atoms with Crippen molar-refractivity contribution in [3.63, 3.8) is 0 Å². The predicted octanol–water partition coefficient (Wildman–Crippen LogP) is 1.16. The molecule has 0 spiro atoms. The number of Topliss-reactive ketones (excluding diaryl/α,β-unsaturated/α-hetero) is 1. The molecule has 3 aliphatic rings. The molecule has 3 heteroatoms. The van der Waals surface area contributed by atoms with Gasteiger partial charge < -0.3 is 4.74 Å². The summed E-state index contributed by atoms with van der Waals surface area (Å²) in [5, 5.41) is 0. The lowest BCUT2D eigenvalue weighted by Gasteiger charge is -2.15. The Balaban J connectivity index is 1.92. The van der Waals surface area contributed by atoms with Gasteiger partial charge in [0.2, 0.25) is 0 Å². The van der Waals surface area contributed by atoms with Gasteiger partial charge in [0.25, 0.3) is 0 Å². The molecule has 14 heavy (non-hydrogen) atoms. The topological polar surface area (TPSA) is 43.4 Å². The molecule has 0 aromatic rings. The first kappa shape index (κ1) is 8.45. The molecular formula is C11H14O3. The lowest BCUT2D eigenvalue weighted by Crippen LogP contribution is -2.24. The van der Waals surface area contributed by atoms with E-state index in [9.17, 15) is 9.59 Å². The molecule has 3 aliphatic carbocycles. The van der Waals surface area contributed by atoms with Gasteiger partial charge in [0.05, 0.1) is 12.0 Å². The van der Waals surface area contributed by atoms with E-state index in [1.54, 1.807) is 0 Å². The summed E-state index contributed by atoms with van der Waals surface area (Å²) in [6.45, 7) is 2.26. The average molecular weight is 194 g/mol. The first-order chi connectivity index (χ1) is 6.72. The van der Waals surface area contributed by atoms with E-state index in [0.29, 0.717) is 30.6 Å². The van der Waals surface area contributed by atoms with Gasteiger partial charge in [-0.05, 0) is 31.6 Å². The minimum Gasteiger partial charge on any atom is -0.466 e. The maximum absolute atomic E-state index is 11.8. The Morgan fingerprint density at radius 3 is 2.93 bits per heavy atom. The molecule has 4 atom stereocenters. The summed E-state index contributed by atoms with van der Waals surface area (Å²) in [7, 11) is 0. The normalized spacial score (nSPS) is 47.8. The highest BCUT2D eigenvalue weighted by Crippen LogP contribution is 2.76. The molecule has 0 saturated heterocycles. The van der Waals surface area contributed by atoms with Crippen LogP contribution in [0.15, 0.2) is 0 Å². The first-order valence-corrected chi connectivity index (χ1v) is 5.42. The van der Waals surface area contributed by atoms with Crippen LogP contribution in [0.5, 0.6) is 0 Å². The number of ketones is 1. The minimum absolute atomic E-state index is 0.0419. The molecule has 0 heterocycles. The summed E-state index contributed by atoms with van der Waals surface area (Å²) in [6, 6.07) is 0. The van der Waals surface area contributed by atoms with Gasteiger partial charge in [-0.3, -0.25) is 9.59 Å². The van der Waals surface area contributed by atoms with Crippen molar-refractivity contribution in [3.05, 3.63) is 0 Å². The van der Waals surface area contributed by atoms with E-state index >= 15 is 0 Å². The molecule has 0 unspecified atom stereocenters. The van der Waals surface area contributed by atoms with Gasteiger partial charge in [-0.1, -0.05) is 0 Å². The number of carbonyl (C=O) groups is 2. The minimum atomic E-state index is -0.340. The van der Waals surface area contributed by atoms with Crippen molar-refractivity contribution in [1.29, 1.82) is 0 Å². The molecule has 0 aromatic carbocycles. The summed E-state index contributed by atoms with van der Waals surface area (Å²) in [4.78, 5) is 23.4. The second-order valence-electron chi connectivity index (χ2n) is 4.68. The molecule has 0 radical (unpaired) electrons. The quantitative estimate of drug-likeness (QED) is 0.620. The monoisotopic (exact) mass is 194 g/mol. The molecule has 0 amide bonds. The molecule has 0 aromatic heterocycles. The number of rotatable bonds is 2. The number of hydrogen-bond acceptors (Lipinski definition) is 3. The SMILES string of the molecule is CCOC(=O)[C@]12[C@@H]3CC[C@@H]1[C@H]2C(=O)C3. The number of carbonyl (C=O) groups excluding carboxylic acids is 2. The molecule has 0 N–H and O–H groups in total. The van der Waals surface area contributed by atoms with E-state index < -0.39 is 0 Å². The zero-order chi connectivity index (χ0) is 9.92. The van der Waals surface area contributed by atoms with Crippen molar-refractivity contribution in [3.8, 4) is 0 Å². The average Bonchev–Trinajstić information content (AvgIpc) is 2.64. The summed E-state index contributed by atoms with van der Waals surface area (Å²) in [5.41, 5.74) is -0.340.